The van der Waals surface area contributed by atoms with E-state index in [1.165, 1.54) is 16.7 Å². The van der Waals surface area contributed by atoms with E-state index in [-0.39, 0.29) is 5.91 Å². The average molecular weight is 512 g/mol. The predicted octanol–water partition coefficient (Wildman–Crippen LogP) is 6.20. The zero-order valence-electron chi connectivity index (χ0n) is 23.0. The second-order valence-corrected chi connectivity index (χ2v) is 10.8. The van der Waals surface area contributed by atoms with Gasteiger partial charge in [0.1, 0.15) is 0 Å². The van der Waals surface area contributed by atoms with E-state index in [4.69, 9.17) is 5.73 Å². The quantitative estimate of drug-likeness (QED) is 0.393. The van der Waals surface area contributed by atoms with Crippen LogP contribution in [0.2, 0.25) is 0 Å². The van der Waals surface area contributed by atoms with Gasteiger partial charge < -0.3 is 11.1 Å². The summed E-state index contributed by atoms with van der Waals surface area (Å²) in [6, 6.07) is 14.2. The lowest BCUT2D eigenvalue weighted by Crippen LogP contribution is -2.41. The van der Waals surface area contributed by atoms with Crippen molar-refractivity contribution in [2.75, 3.05) is 31.1 Å². The molecule has 0 bridgehead atoms. The number of benzene rings is 2. The highest BCUT2D eigenvalue weighted by molar-refractivity contribution is 7.85. The first-order valence-electron chi connectivity index (χ1n) is 13.4. The van der Waals surface area contributed by atoms with Crippen molar-refractivity contribution in [1.82, 2.24) is 10.2 Å². The molecule has 0 saturated carbocycles. The Bertz CT molecular complexity index is 1040. The summed E-state index contributed by atoms with van der Waals surface area (Å²) in [5.41, 5.74) is 12.2. The lowest BCUT2D eigenvalue weighted by molar-refractivity contribution is 0.0946. The Balaban J connectivity index is 0.00000222. The summed E-state index contributed by atoms with van der Waals surface area (Å²) in [5, 5.41) is 3.06. The van der Waals surface area contributed by atoms with Crippen molar-refractivity contribution < 1.29 is 9.00 Å². The maximum absolute atomic E-state index is 12.6. The molecule has 36 heavy (non-hydrogen) atoms. The first kappa shape index (κ1) is 29.8. The minimum absolute atomic E-state index is 0.0932. The molecule has 0 spiro atoms. The number of piperidine rings is 1. The van der Waals surface area contributed by atoms with Crippen molar-refractivity contribution in [3.63, 3.8) is 0 Å². The highest BCUT2D eigenvalue weighted by Crippen LogP contribution is 2.28. The Kier molecular flexibility index (Phi) is 12.4. The fourth-order valence-electron chi connectivity index (χ4n) is 4.73. The van der Waals surface area contributed by atoms with Gasteiger partial charge in [-0.15, -0.1) is 0 Å². The summed E-state index contributed by atoms with van der Waals surface area (Å²) in [4.78, 5) is 16.0. The first-order valence-corrected chi connectivity index (χ1v) is 14.7. The topological polar surface area (TPSA) is 75.4 Å². The highest BCUT2D eigenvalue weighted by Gasteiger charge is 2.22. The molecular weight excluding hydrogens is 466 g/mol. The summed E-state index contributed by atoms with van der Waals surface area (Å²) >= 11 is 0. The molecule has 3 rings (SSSR count). The number of nitrogens with two attached hydrogens (primary N) is 1. The number of aryl methyl sites for hydroxylation is 1. The first-order chi connectivity index (χ1) is 17.3. The molecule has 1 aliphatic rings. The number of rotatable bonds is 9. The van der Waals surface area contributed by atoms with Crippen molar-refractivity contribution >= 4 is 28.0 Å². The molecule has 0 radical (unpaired) electrons. The number of nitrogens with zero attached hydrogens (tertiary/aromatic N) is 1. The minimum Gasteiger partial charge on any atom is -0.398 e. The Morgan fingerprint density at radius 2 is 1.72 bits per heavy atom. The van der Waals surface area contributed by atoms with E-state index in [0.29, 0.717) is 29.6 Å². The lowest BCUT2D eigenvalue weighted by atomic mass is 9.93. The van der Waals surface area contributed by atoms with Crippen LogP contribution in [0, 0.1) is 6.92 Å². The summed E-state index contributed by atoms with van der Waals surface area (Å²) in [6.07, 6.45) is 4.13. The van der Waals surface area contributed by atoms with Gasteiger partial charge in [0.05, 0.1) is 16.4 Å². The second kappa shape index (κ2) is 15.0. The number of hydrogen-bond acceptors (Lipinski definition) is 4. The van der Waals surface area contributed by atoms with Crippen LogP contribution in [0.25, 0.3) is 5.57 Å². The molecule has 0 aromatic heterocycles. The van der Waals surface area contributed by atoms with E-state index in [1.54, 1.807) is 6.07 Å². The Labute approximate surface area is 221 Å². The van der Waals surface area contributed by atoms with Gasteiger partial charge in [0.2, 0.25) is 0 Å². The third-order valence-electron chi connectivity index (χ3n) is 7.06. The molecule has 5 nitrogen and oxygen atoms in total. The number of hydrogen-bond donors (Lipinski definition) is 2. The average Bonchev–Trinajstić information content (AvgIpc) is 2.93. The SMILES string of the molecule is CC.CCC(CCNC(=O)c1cccc(C)c1N)N1CCC(=C(C)c2ccc(S(=O)CC)cc2)CC1. The number of carbonyl (C=O) groups is 1. The van der Waals surface area contributed by atoms with Gasteiger partial charge in [-0.25, -0.2) is 0 Å². The summed E-state index contributed by atoms with van der Waals surface area (Å²) in [7, 11) is -0.902. The molecule has 1 aliphatic heterocycles. The van der Waals surface area contributed by atoms with Crippen molar-refractivity contribution in [3.05, 3.63) is 64.7 Å². The largest absolute Gasteiger partial charge is 0.398 e. The van der Waals surface area contributed by atoms with Crippen LogP contribution in [-0.4, -0.2) is 46.4 Å². The normalized spacial score (nSPS) is 15.4. The van der Waals surface area contributed by atoms with Gasteiger partial charge in [-0.1, -0.05) is 57.5 Å². The Hall–Kier alpha value is -2.44. The highest BCUT2D eigenvalue weighted by atomic mass is 32.2. The van der Waals surface area contributed by atoms with E-state index in [1.807, 2.05) is 52.0 Å². The third kappa shape index (κ3) is 7.78. The molecular formula is C30H45N3O2S. The van der Waals surface area contributed by atoms with Crippen molar-refractivity contribution in [1.29, 1.82) is 0 Å². The fraction of sp³-hybridized carbons (Fsp3) is 0.500. The monoisotopic (exact) mass is 511 g/mol. The van der Waals surface area contributed by atoms with Crippen LogP contribution >= 0.6 is 0 Å². The fourth-order valence-corrected chi connectivity index (χ4v) is 5.51. The minimum atomic E-state index is -0.902. The van der Waals surface area contributed by atoms with Crippen molar-refractivity contribution in [2.45, 2.75) is 78.2 Å². The van der Waals surface area contributed by atoms with Gasteiger partial charge in [-0.2, -0.15) is 0 Å². The van der Waals surface area contributed by atoms with Gasteiger partial charge in [-0.05, 0) is 74.4 Å². The molecule has 2 aromatic carbocycles. The molecule has 2 unspecified atom stereocenters. The number of nitrogen functional groups attached to an aromatic ring is 1. The molecule has 1 heterocycles. The molecule has 198 valence electrons. The molecule has 1 amide bonds. The maximum Gasteiger partial charge on any atom is 0.253 e. The summed E-state index contributed by atoms with van der Waals surface area (Å²) in [6.45, 7) is 15.0. The zero-order chi connectivity index (χ0) is 26.7. The molecule has 6 heteroatoms. The van der Waals surface area contributed by atoms with E-state index in [9.17, 15) is 9.00 Å². The van der Waals surface area contributed by atoms with Crippen LogP contribution < -0.4 is 11.1 Å². The van der Waals surface area contributed by atoms with Crippen LogP contribution in [0.4, 0.5) is 5.69 Å². The number of nitrogens with one attached hydrogen (secondary N) is 1. The van der Waals surface area contributed by atoms with Crippen LogP contribution in [-0.2, 0) is 10.8 Å². The molecule has 2 atom stereocenters. The molecule has 2 aromatic rings. The number of amides is 1. The number of carbonyl (C=O) groups excluding carboxylic acids is 1. The van der Waals surface area contributed by atoms with E-state index in [2.05, 4.69) is 36.2 Å². The number of anilines is 1. The van der Waals surface area contributed by atoms with Gasteiger partial charge in [-0.3, -0.25) is 13.9 Å². The van der Waals surface area contributed by atoms with E-state index < -0.39 is 10.8 Å². The zero-order valence-corrected chi connectivity index (χ0v) is 23.8. The summed E-state index contributed by atoms with van der Waals surface area (Å²) < 4.78 is 12.0. The second-order valence-electron chi connectivity index (χ2n) is 9.07. The smallest absolute Gasteiger partial charge is 0.253 e. The third-order valence-corrected chi connectivity index (χ3v) is 8.39. The van der Waals surface area contributed by atoms with Crippen LogP contribution in [0.15, 0.2) is 52.9 Å². The number of likely N-dealkylation sites (tertiary alicyclic amines) is 1. The Morgan fingerprint density at radius 1 is 1.08 bits per heavy atom. The molecule has 1 fully saturated rings. The molecule has 0 aliphatic carbocycles. The molecule has 1 saturated heterocycles. The standard InChI is InChI=1S/C28H39N3O2S.C2H6/c1-5-24(14-17-30-28(32)26-9-7-8-20(3)27(26)29)31-18-15-23(16-19-31)21(4)22-10-12-25(13-11-22)34(33)6-2;1-2/h7-13,24H,5-6,14-19,29H2,1-4H3,(H,30,32);1-2H3. The van der Waals surface area contributed by atoms with E-state index >= 15 is 0 Å². The van der Waals surface area contributed by atoms with Gasteiger partial charge >= 0.3 is 0 Å². The van der Waals surface area contributed by atoms with Crippen molar-refractivity contribution in [2.24, 2.45) is 0 Å². The van der Waals surface area contributed by atoms with Crippen LogP contribution in [0.3, 0.4) is 0 Å². The van der Waals surface area contributed by atoms with E-state index in [0.717, 1.165) is 49.2 Å². The van der Waals surface area contributed by atoms with Crippen LogP contribution in [0.5, 0.6) is 0 Å². The number of para-hydroxylation sites is 1. The van der Waals surface area contributed by atoms with Crippen molar-refractivity contribution in [3.8, 4) is 0 Å². The van der Waals surface area contributed by atoms with Crippen LogP contribution in [0.1, 0.15) is 81.8 Å². The number of allylic oxidation sites excluding steroid dienone is 1. The Morgan fingerprint density at radius 3 is 2.31 bits per heavy atom. The summed E-state index contributed by atoms with van der Waals surface area (Å²) in [5.74, 6) is 0.557. The van der Waals surface area contributed by atoms with Gasteiger partial charge in [0.15, 0.2) is 0 Å². The maximum atomic E-state index is 12.6. The predicted molar refractivity (Wildman–Crippen MR) is 155 cm³/mol. The lowest BCUT2D eigenvalue weighted by Gasteiger charge is -2.36. The van der Waals surface area contributed by atoms with Gasteiger partial charge in [0, 0.05) is 42.0 Å². The van der Waals surface area contributed by atoms with Gasteiger partial charge in [0.25, 0.3) is 5.91 Å². The molecule has 3 N–H and O–H groups in total.